The molecule has 0 atom stereocenters. The predicted octanol–water partition coefficient (Wildman–Crippen LogP) is 3.96. The lowest BCUT2D eigenvalue weighted by Gasteiger charge is -2.08. The van der Waals surface area contributed by atoms with Crippen LogP contribution in [-0.4, -0.2) is 29.7 Å². The number of aromatic amines is 1. The van der Waals surface area contributed by atoms with Gasteiger partial charge in [0.1, 0.15) is 10.7 Å². The summed E-state index contributed by atoms with van der Waals surface area (Å²) in [5.74, 6) is 2.01. The van der Waals surface area contributed by atoms with Gasteiger partial charge in [0.2, 0.25) is 0 Å². The molecule has 0 saturated heterocycles. The zero-order valence-electron chi connectivity index (χ0n) is 15.9. The van der Waals surface area contributed by atoms with Crippen LogP contribution in [0.2, 0.25) is 0 Å². The Kier molecular flexibility index (Phi) is 5.27. The first-order chi connectivity index (χ1) is 13.6. The van der Waals surface area contributed by atoms with E-state index < -0.39 is 0 Å². The molecular formula is C19H20N6OS2. The van der Waals surface area contributed by atoms with Gasteiger partial charge < -0.3 is 9.55 Å². The number of fused-ring (bicyclic) bond motifs is 1. The fourth-order valence-corrected chi connectivity index (χ4v) is 4.92. The number of hydrogen-bond acceptors (Lipinski definition) is 7. The summed E-state index contributed by atoms with van der Waals surface area (Å²) in [4.78, 5) is 26.0. The van der Waals surface area contributed by atoms with Gasteiger partial charge in [0, 0.05) is 29.4 Å². The smallest absolute Gasteiger partial charge is 0.259 e. The molecule has 0 radical (unpaired) electrons. The zero-order chi connectivity index (χ0) is 19.7. The van der Waals surface area contributed by atoms with Crippen LogP contribution >= 0.6 is 23.1 Å². The Hall–Kier alpha value is -2.52. The van der Waals surface area contributed by atoms with Gasteiger partial charge in [0.05, 0.1) is 11.1 Å². The molecule has 0 unspecified atom stereocenters. The van der Waals surface area contributed by atoms with E-state index in [4.69, 9.17) is 0 Å². The van der Waals surface area contributed by atoms with Gasteiger partial charge in [-0.25, -0.2) is 4.98 Å². The summed E-state index contributed by atoms with van der Waals surface area (Å²) in [5, 5.41) is 10.3. The molecule has 7 nitrogen and oxygen atoms in total. The van der Waals surface area contributed by atoms with E-state index in [2.05, 4.69) is 36.6 Å². The summed E-state index contributed by atoms with van der Waals surface area (Å²) in [6.07, 6.45) is 4.47. The van der Waals surface area contributed by atoms with Gasteiger partial charge in [0.25, 0.3) is 5.56 Å². The number of thiophene rings is 1. The largest absolute Gasteiger partial charge is 0.309 e. The Labute approximate surface area is 170 Å². The Balaban J connectivity index is 1.63. The summed E-state index contributed by atoms with van der Waals surface area (Å²) in [6.45, 7) is 6.93. The van der Waals surface area contributed by atoms with Crippen LogP contribution in [0.4, 0.5) is 0 Å². The molecule has 4 aromatic heterocycles. The first-order valence-electron chi connectivity index (χ1n) is 9.03. The van der Waals surface area contributed by atoms with Crippen LogP contribution in [0.3, 0.4) is 0 Å². The molecule has 0 bridgehead atoms. The molecule has 4 rings (SSSR count). The van der Waals surface area contributed by atoms with E-state index in [-0.39, 0.29) is 5.56 Å². The van der Waals surface area contributed by atoms with Crippen LogP contribution in [-0.2, 0) is 12.3 Å². The second-order valence-corrected chi connectivity index (χ2v) is 8.60. The number of thioether (sulfide) groups is 1. The lowest BCUT2D eigenvalue weighted by atomic mass is 10.2. The lowest BCUT2D eigenvalue weighted by molar-refractivity contribution is 0.626. The molecule has 1 N–H and O–H groups in total. The van der Waals surface area contributed by atoms with Gasteiger partial charge in [-0.1, -0.05) is 18.7 Å². The highest BCUT2D eigenvalue weighted by Crippen LogP contribution is 2.28. The van der Waals surface area contributed by atoms with Crippen LogP contribution in [0.1, 0.15) is 29.6 Å². The fourth-order valence-electron chi connectivity index (χ4n) is 3.04. The van der Waals surface area contributed by atoms with E-state index in [9.17, 15) is 4.79 Å². The van der Waals surface area contributed by atoms with Crippen LogP contribution in [0.15, 0.2) is 34.5 Å². The minimum atomic E-state index is -0.0741. The standard InChI is InChI=1S/C19H20N6OS2/c1-4-9-25-16(13-5-7-20-8-6-13)23-24-19(25)27-10-14-21-17(26)15-11(2)12(3)28-18(15)22-14/h5-8H,4,9-10H2,1-3H3,(H,21,22,26). The van der Waals surface area contributed by atoms with E-state index in [1.54, 1.807) is 23.7 Å². The number of rotatable bonds is 6. The van der Waals surface area contributed by atoms with Crippen LogP contribution < -0.4 is 5.56 Å². The molecule has 144 valence electrons. The maximum absolute atomic E-state index is 12.5. The van der Waals surface area contributed by atoms with Crippen molar-refractivity contribution >= 4 is 33.3 Å². The molecule has 0 amide bonds. The van der Waals surface area contributed by atoms with E-state index in [1.165, 1.54) is 11.8 Å². The number of H-pyrrole nitrogens is 1. The number of pyridine rings is 1. The summed E-state index contributed by atoms with van der Waals surface area (Å²) < 4.78 is 2.11. The summed E-state index contributed by atoms with van der Waals surface area (Å²) in [6, 6.07) is 3.86. The molecule has 28 heavy (non-hydrogen) atoms. The number of nitrogens with zero attached hydrogens (tertiary/aromatic N) is 5. The van der Waals surface area contributed by atoms with Crippen LogP contribution in [0.5, 0.6) is 0 Å². The van der Waals surface area contributed by atoms with Crippen molar-refractivity contribution in [2.45, 2.75) is 44.6 Å². The maximum Gasteiger partial charge on any atom is 0.259 e. The third-order valence-corrected chi connectivity index (χ3v) is 6.61. The fraction of sp³-hybridized carbons (Fsp3) is 0.316. The first kappa shape index (κ1) is 18.8. The minimum absolute atomic E-state index is 0.0741. The molecule has 0 aliphatic heterocycles. The third kappa shape index (κ3) is 3.47. The topological polar surface area (TPSA) is 89.4 Å². The number of hydrogen-bond donors (Lipinski definition) is 1. The predicted molar refractivity (Wildman–Crippen MR) is 113 cm³/mol. The molecule has 9 heteroatoms. The van der Waals surface area contributed by atoms with E-state index in [1.807, 2.05) is 26.0 Å². The number of nitrogens with one attached hydrogen (secondary N) is 1. The van der Waals surface area contributed by atoms with E-state index >= 15 is 0 Å². The van der Waals surface area contributed by atoms with Crippen LogP contribution in [0.25, 0.3) is 21.6 Å². The highest BCUT2D eigenvalue weighted by molar-refractivity contribution is 7.98. The van der Waals surface area contributed by atoms with Crippen molar-refractivity contribution in [1.29, 1.82) is 0 Å². The van der Waals surface area contributed by atoms with Gasteiger partial charge in [-0.3, -0.25) is 9.78 Å². The van der Waals surface area contributed by atoms with Gasteiger partial charge >= 0.3 is 0 Å². The van der Waals surface area contributed by atoms with Gasteiger partial charge in [0.15, 0.2) is 11.0 Å². The van der Waals surface area contributed by atoms with Crippen molar-refractivity contribution < 1.29 is 0 Å². The summed E-state index contributed by atoms with van der Waals surface area (Å²) >= 11 is 3.09. The summed E-state index contributed by atoms with van der Waals surface area (Å²) in [5.41, 5.74) is 1.92. The van der Waals surface area contributed by atoms with Crippen molar-refractivity contribution in [3.63, 3.8) is 0 Å². The molecule has 0 saturated carbocycles. The first-order valence-corrected chi connectivity index (χ1v) is 10.8. The minimum Gasteiger partial charge on any atom is -0.309 e. The number of aromatic nitrogens is 6. The lowest BCUT2D eigenvalue weighted by Crippen LogP contribution is -2.11. The molecule has 0 aromatic carbocycles. The average Bonchev–Trinajstić information content (AvgIpc) is 3.22. The van der Waals surface area contributed by atoms with Crippen molar-refractivity contribution in [2.75, 3.05) is 0 Å². The van der Waals surface area contributed by atoms with Gasteiger partial charge in [-0.05, 0) is 38.0 Å². The zero-order valence-corrected chi connectivity index (χ0v) is 17.5. The quantitative estimate of drug-likeness (QED) is 0.482. The average molecular weight is 413 g/mol. The molecule has 4 aromatic rings. The second-order valence-electron chi connectivity index (χ2n) is 6.46. The second kappa shape index (κ2) is 7.84. The van der Waals surface area contributed by atoms with E-state index in [0.717, 1.165) is 44.8 Å². The monoisotopic (exact) mass is 412 g/mol. The molecule has 4 heterocycles. The highest BCUT2D eigenvalue weighted by atomic mass is 32.2. The van der Waals surface area contributed by atoms with Gasteiger partial charge in [-0.2, -0.15) is 0 Å². The SMILES string of the molecule is CCCn1c(SCc2nc3sc(C)c(C)c3c(=O)[nH]2)nnc1-c1ccncc1. The van der Waals surface area contributed by atoms with Crippen molar-refractivity contribution in [3.8, 4) is 11.4 Å². The molecule has 0 aliphatic carbocycles. The van der Waals surface area contributed by atoms with Crippen molar-refractivity contribution in [3.05, 3.63) is 51.1 Å². The van der Waals surface area contributed by atoms with E-state index in [0.29, 0.717) is 17.0 Å². The Morgan fingerprint density at radius 3 is 2.75 bits per heavy atom. The molecular weight excluding hydrogens is 392 g/mol. The molecule has 0 fully saturated rings. The normalized spacial score (nSPS) is 11.4. The van der Waals surface area contributed by atoms with Crippen LogP contribution in [0, 0.1) is 13.8 Å². The van der Waals surface area contributed by atoms with Crippen molar-refractivity contribution in [1.82, 2.24) is 29.7 Å². The molecule has 0 aliphatic rings. The van der Waals surface area contributed by atoms with Crippen molar-refractivity contribution in [2.24, 2.45) is 0 Å². The van der Waals surface area contributed by atoms with Gasteiger partial charge in [-0.15, -0.1) is 21.5 Å². The highest BCUT2D eigenvalue weighted by Gasteiger charge is 2.16. The maximum atomic E-state index is 12.5. The number of aryl methyl sites for hydroxylation is 2. The third-order valence-electron chi connectivity index (χ3n) is 4.53. The Bertz CT molecular complexity index is 1180. The summed E-state index contributed by atoms with van der Waals surface area (Å²) in [7, 11) is 0. The Morgan fingerprint density at radius 1 is 1.21 bits per heavy atom. The Morgan fingerprint density at radius 2 is 2.00 bits per heavy atom. The molecule has 0 spiro atoms.